The van der Waals surface area contributed by atoms with Crippen molar-refractivity contribution in [1.82, 2.24) is 9.88 Å². The molecule has 1 aromatic heterocycles. The van der Waals surface area contributed by atoms with Crippen molar-refractivity contribution >= 4 is 11.7 Å². The fraction of sp³-hybridized carbons (Fsp3) is 0.500. The summed E-state index contributed by atoms with van der Waals surface area (Å²) in [6, 6.07) is 3.74. The van der Waals surface area contributed by atoms with Crippen LogP contribution in [0.3, 0.4) is 0 Å². The van der Waals surface area contributed by atoms with E-state index in [2.05, 4.69) is 4.98 Å². The van der Waals surface area contributed by atoms with Crippen molar-refractivity contribution in [3.05, 3.63) is 24.0 Å². The zero-order chi connectivity index (χ0) is 12.8. The molecule has 94 valence electrons. The molecule has 0 saturated heterocycles. The zero-order valence-electron chi connectivity index (χ0n) is 10.6. The molecular weight excluding hydrogens is 218 g/mol. The first-order chi connectivity index (χ1) is 7.99. The Morgan fingerprint density at radius 2 is 2.12 bits per heavy atom. The summed E-state index contributed by atoms with van der Waals surface area (Å²) >= 11 is 0. The van der Waals surface area contributed by atoms with Crippen molar-refractivity contribution < 1.29 is 9.90 Å². The molecule has 17 heavy (non-hydrogen) atoms. The fourth-order valence-electron chi connectivity index (χ4n) is 1.51. The normalized spacial score (nSPS) is 10.6. The average Bonchev–Trinajstić information content (AvgIpc) is 2.23. The molecule has 0 saturated carbocycles. The van der Waals surface area contributed by atoms with Crippen LogP contribution in [0.2, 0.25) is 0 Å². The lowest BCUT2D eigenvalue weighted by Crippen LogP contribution is -2.35. The maximum absolute atomic E-state index is 10.8. The number of carbonyl (C=O) groups is 1. The number of aromatic nitrogens is 1. The molecule has 0 aliphatic rings. The van der Waals surface area contributed by atoms with E-state index in [0.717, 1.165) is 17.9 Å². The number of carboxylic acid groups (broad SMARTS) is 1. The summed E-state index contributed by atoms with van der Waals surface area (Å²) in [6.07, 6.45) is 1.70. The molecule has 1 aromatic rings. The number of anilines is 1. The Morgan fingerprint density at radius 1 is 1.41 bits per heavy atom. The highest BCUT2D eigenvalue weighted by Crippen LogP contribution is 2.13. The standard InChI is InChI=1S/C12H19N3O2/c1-10-8-11(4-5-13-10)15(9-12(16)17)7-6-14(2)3/h4-5,8H,6-7,9H2,1-3H3,(H,16,17). The second-order valence-corrected chi connectivity index (χ2v) is 4.27. The lowest BCUT2D eigenvalue weighted by Gasteiger charge is -2.24. The first-order valence-corrected chi connectivity index (χ1v) is 5.53. The SMILES string of the molecule is Cc1cc(N(CCN(C)C)CC(=O)O)ccn1. The van der Waals surface area contributed by atoms with Gasteiger partial charge in [0.15, 0.2) is 0 Å². The smallest absolute Gasteiger partial charge is 0.323 e. The van der Waals surface area contributed by atoms with E-state index in [0.29, 0.717) is 6.54 Å². The van der Waals surface area contributed by atoms with Crippen LogP contribution in [-0.4, -0.2) is 54.7 Å². The van der Waals surface area contributed by atoms with Crippen molar-refractivity contribution in [2.45, 2.75) is 6.92 Å². The van der Waals surface area contributed by atoms with Crippen LogP contribution in [0.25, 0.3) is 0 Å². The van der Waals surface area contributed by atoms with Crippen LogP contribution in [0.15, 0.2) is 18.3 Å². The van der Waals surface area contributed by atoms with Gasteiger partial charge < -0.3 is 14.9 Å². The highest BCUT2D eigenvalue weighted by Gasteiger charge is 2.11. The van der Waals surface area contributed by atoms with E-state index >= 15 is 0 Å². The van der Waals surface area contributed by atoms with Crippen molar-refractivity contribution in [3.63, 3.8) is 0 Å². The van der Waals surface area contributed by atoms with Crippen molar-refractivity contribution in [1.29, 1.82) is 0 Å². The van der Waals surface area contributed by atoms with E-state index in [1.165, 1.54) is 0 Å². The fourth-order valence-corrected chi connectivity index (χ4v) is 1.51. The van der Waals surface area contributed by atoms with Gasteiger partial charge in [0.25, 0.3) is 0 Å². The zero-order valence-corrected chi connectivity index (χ0v) is 10.6. The summed E-state index contributed by atoms with van der Waals surface area (Å²) in [5, 5.41) is 8.91. The van der Waals surface area contributed by atoms with Gasteiger partial charge in [-0.05, 0) is 33.2 Å². The van der Waals surface area contributed by atoms with E-state index in [-0.39, 0.29) is 6.54 Å². The van der Waals surface area contributed by atoms with Crippen LogP contribution in [0.5, 0.6) is 0 Å². The molecule has 1 heterocycles. The van der Waals surface area contributed by atoms with Crippen LogP contribution in [0.4, 0.5) is 5.69 Å². The van der Waals surface area contributed by atoms with Gasteiger partial charge in [-0.25, -0.2) is 0 Å². The Morgan fingerprint density at radius 3 is 2.65 bits per heavy atom. The predicted octanol–water partition coefficient (Wildman–Crippen LogP) is 0.843. The van der Waals surface area contributed by atoms with E-state index in [1.807, 2.05) is 43.0 Å². The summed E-state index contributed by atoms with van der Waals surface area (Å²) < 4.78 is 0. The molecule has 0 spiro atoms. The van der Waals surface area contributed by atoms with Gasteiger partial charge in [-0.15, -0.1) is 0 Å². The molecule has 0 atom stereocenters. The van der Waals surface area contributed by atoms with Crippen LogP contribution in [-0.2, 0) is 4.79 Å². The minimum Gasteiger partial charge on any atom is -0.480 e. The largest absolute Gasteiger partial charge is 0.480 e. The molecule has 0 radical (unpaired) electrons. The van der Waals surface area contributed by atoms with Crippen LogP contribution in [0, 0.1) is 6.92 Å². The lowest BCUT2D eigenvalue weighted by molar-refractivity contribution is -0.135. The molecule has 0 aliphatic carbocycles. The quantitative estimate of drug-likeness (QED) is 0.794. The minimum atomic E-state index is -0.821. The number of rotatable bonds is 6. The van der Waals surface area contributed by atoms with Gasteiger partial charge >= 0.3 is 5.97 Å². The molecule has 0 aliphatic heterocycles. The summed E-state index contributed by atoms with van der Waals surface area (Å²) in [7, 11) is 3.94. The van der Waals surface area contributed by atoms with Crippen LogP contribution >= 0.6 is 0 Å². The van der Waals surface area contributed by atoms with Gasteiger partial charge in [0.1, 0.15) is 6.54 Å². The first kappa shape index (κ1) is 13.4. The summed E-state index contributed by atoms with van der Waals surface area (Å²) in [5.74, 6) is -0.821. The average molecular weight is 237 g/mol. The minimum absolute atomic E-state index is 0.0112. The number of carboxylic acids is 1. The topological polar surface area (TPSA) is 56.7 Å². The maximum atomic E-state index is 10.8. The third-order valence-electron chi connectivity index (χ3n) is 2.39. The molecule has 0 fully saturated rings. The van der Waals surface area contributed by atoms with Gasteiger partial charge in [0, 0.05) is 30.7 Å². The third kappa shape index (κ3) is 4.82. The maximum Gasteiger partial charge on any atom is 0.323 e. The number of pyridine rings is 1. The molecular formula is C12H19N3O2. The van der Waals surface area contributed by atoms with Gasteiger partial charge in [-0.3, -0.25) is 9.78 Å². The van der Waals surface area contributed by atoms with E-state index in [1.54, 1.807) is 6.20 Å². The Kier molecular flexibility index (Phi) is 4.90. The molecule has 5 heteroatoms. The number of nitrogens with zero attached hydrogens (tertiary/aromatic N) is 3. The monoisotopic (exact) mass is 237 g/mol. The second-order valence-electron chi connectivity index (χ2n) is 4.27. The van der Waals surface area contributed by atoms with Crippen molar-refractivity contribution in [2.24, 2.45) is 0 Å². The summed E-state index contributed by atoms with van der Waals surface area (Å²) in [6.45, 7) is 3.41. The van der Waals surface area contributed by atoms with Crippen molar-refractivity contribution in [2.75, 3.05) is 38.6 Å². The molecule has 1 rings (SSSR count). The Bertz CT molecular complexity index is 380. The summed E-state index contributed by atoms with van der Waals surface area (Å²) in [5.41, 5.74) is 1.80. The van der Waals surface area contributed by atoms with Crippen LogP contribution < -0.4 is 4.90 Å². The van der Waals surface area contributed by atoms with E-state index in [4.69, 9.17) is 5.11 Å². The number of aryl methyl sites for hydroxylation is 1. The van der Waals surface area contributed by atoms with Gasteiger partial charge in [-0.1, -0.05) is 0 Å². The van der Waals surface area contributed by atoms with E-state index in [9.17, 15) is 4.79 Å². The number of likely N-dealkylation sites (N-methyl/N-ethyl adjacent to an activating group) is 1. The number of hydrogen-bond donors (Lipinski definition) is 1. The lowest BCUT2D eigenvalue weighted by atomic mass is 10.3. The van der Waals surface area contributed by atoms with Gasteiger partial charge in [0.2, 0.25) is 0 Å². The predicted molar refractivity (Wildman–Crippen MR) is 67.4 cm³/mol. The van der Waals surface area contributed by atoms with Crippen LogP contribution in [0.1, 0.15) is 5.69 Å². The Balaban J connectivity index is 2.78. The second kappa shape index (κ2) is 6.20. The Labute approximate surface area is 102 Å². The molecule has 5 nitrogen and oxygen atoms in total. The molecule has 1 N–H and O–H groups in total. The number of hydrogen-bond acceptors (Lipinski definition) is 4. The molecule has 0 aromatic carbocycles. The first-order valence-electron chi connectivity index (χ1n) is 5.53. The highest BCUT2D eigenvalue weighted by molar-refractivity contribution is 5.73. The van der Waals surface area contributed by atoms with Gasteiger partial charge in [0.05, 0.1) is 0 Å². The number of aliphatic carboxylic acids is 1. The Hall–Kier alpha value is -1.62. The molecule has 0 unspecified atom stereocenters. The van der Waals surface area contributed by atoms with Gasteiger partial charge in [-0.2, -0.15) is 0 Å². The summed E-state index contributed by atoms with van der Waals surface area (Å²) in [4.78, 5) is 18.8. The third-order valence-corrected chi connectivity index (χ3v) is 2.39. The van der Waals surface area contributed by atoms with E-state index < -0.39 is 5.97 Å². The molecule has 0 amide bonds. The van der Waals surface area contributed by atoms with Crippen molar-refractivity contribution in [3.8, 4) is 0 Å². The highest BCUT2D eigenvalue weighted by atomic mass is 16.4. The molecule has 0 bridgehead atoms.